The fourth-order valence-corrected chi connectivity index (χ4v) is 6.79. The molecule has 3 aliphatic heterocycles. The molecular formula is C34H28BNO2. The summed E-state index contributed by atoms with van der Waals surface area (Å²) in [5, 5.41) is 0. The van der Waals surface area contributed by atoms with Crippen molar-refractivity contribution in [1.82, 2.24) is 0 Å². The molecule has 1 aliphatic carbocycles. The quantitative estimate of drug-likeness (QED) is 0.246. The highest BCUT2D eigenvalue weighted by molar-refractivity contribution is 6.98. The van der Waals surface area contributed by atoms with E-state index in [0.29, 0.717) is 5.92 Å². The molecule has 2 atom stereocenters. The second-order valence-electron chi connectivity index (χ2n) is 11.3. The minimum absolute atomic E-state index is 0.0872. The fourth-order valence-electron chi connectivity index (χ4n) is 6.79. The maximum absolute atomic E-state index is 6.67. The molecule has 2 unspecified atom stereocenters. The standard InChI is InChI=1S/C34H28BNO2/c1-19-7-11-28-24(13-19)25-14-20(2)8-12-29(25)36(28)23-17-32-34-33(18-23)38-31-16-22(4)6-10-27(31)35(34)26-9-5-21(3)15-30(26)37-32/h5-18,24,28H,1-4H3. The van der Waals surface area contributed by atoms with E-state index < -0.39 is 0 Å². The highest BCUT2D eigenvalue weighted by Crippen LogP contribution is 2.50. The molecule has 3 nitrogen and oxygen atoms in total. The Labute approximate surface area is 224 Å². The Hall–Kier alpha value is -4.18. The van der Waals surface area contributed by atoms with Gasteiger partial charge in [-0.25, -0.2) is 0 Å². The van der Waals surface area contributed by atoms with E-state index in [9.17, 15) is 0 Å². The van der Waals surface area contributed by atoms with Crippen LogP contribution in [0.1, 0.15) is 35.1 Å². The second-order valence-corrected chi connectivity index (χ2v) is 11.3. The van der Waals surface area contributed by atoms with Crippen LogP contribution >= 0.6 is 0 Å². The summed E-state index contributed by atoms with van der Waals surface area (Å²) < 4.78 is 13.3. The lowest BCUT2D eigenvalue weighted by Gasteiger charge is -2.35. The van der Waals surface area contributed by atoms with Gasteiger partial charge < -0.3 is 14.4 Å². The van der Waals surface area contributed by atoms with Gasteiger partial charge in [0.05, 0.1) is 6.04 Å². The molecular weight excluding hydrogens is 465 g/mol. The van der Waals surface area contributed by atoms with E-state index in [1.165, 1.54) is 44.4 Å². The zero-order chi connectivity index (χ0) is 25.7. The monoisotopic (exact) mass is 493 g/mol. The van der Waals surface area contributed by atoms with Crippen molar-refractivity contribution < 1.29 is 9.47 Å². The van der Waals surface area contributed by atoms with Crippen molar-refractivity contribution in [3.05, 3.63) is 113 Å². The maximum Gasteiger partial charge on any atom is 0.260 e. The third-order valence-corrected chi connectivity index (χ3v) is 8.52. The summed E-state index contributed by atoms with van der Waals surface area (Å²) in [4.78, 5) is 2.47. The molecule has 0 saturated heterocycles. The van der Waals surface area contributed by atoms with Crippen LogP contribution in [0.3, 0.4) is 0 Å². The zero-order valence-electron chi connectivity index (χ0n) is 22.1. The Kier molecular flexibility index (Phi) is 4.42. The molecule has 0 spiro atoms. The minimum atomic E-state index is 0.0872. The van der Waals surface area contributed by atoms with Crippen molar-refractivity contribution >= 4 is 34.5 Å². The Balaban J connectivity index is 1.35. The lowest BCUT2D eigenvalue weighted by Crippen LogP contribution is -2.57. The van der Waals surface area contributed by atoms with Gasteiger partial charge in [-0.3, -0.25) is 0 Å². The van der Waals surface area contributed by atoms with Crippen molar-refractivity contribution in [1.29, 1.82) is 0 Å². The normalized spacial score (nSPS) is 19.4. The van der Waals surface area contributed by atoms with Gasteiger partial charge in [0, 0.05) is 34.9 Å². The van der Waals surface area contributed by atoms with Crippen molar-refractivity contribution in [3.63, 3.8) is 0 Å². The average molecular weight is 493 g/mol. The van der Waals surface area contributed by atoms with Gasteiger partial charge in [-0.1, -0.05) is 65.8 Å². The van der Waals surface area contributed by atoms with Crippen molar-refractivity contribution in [2.45, 2.75) is 39.7 Å². The van der Waals surface area contributed by atoms with E-state index in [2.05, 4.69) is 118 Å². The number of rotatable bonds is 1. The number of hydrogen-bond acceptors (Lipinski definition) is 3. The predicted molar refractivity (Wildman–Crippen MR) is 156 cm³/mol. The summed E-state index contributed by atoms with van der Waals surface area (Å²) in [6, 6.07) is 24.6. The first-order chi connectivity index (χ1) is 18.4. The summed E-state index contributed by atoms with van der Waals surface area (Å²) in [5.41, 5.74) is 12.2. The third-order valence-electron chi connectivity index (χ3n) is 8.52. The van der Waals surface area contributed by atoms with E-state index in [1.807, 2.05) is 0 Å². The molecule has 0 saturated carbocycles. The molecule has 0 radical (unpaired) electrons. The number of allylic oxidation sites excluding steroid dienone is 2. The topological polar surface area (TPSA) is 21.7 Å². The smallest absolute Gasteiger partial charge is 0.260 e. The van der Waals surface area contributed by atoms with Crippen LogP contribution in [0.5, 0.6) is 23.0 Å². The Morgan fingerprint density at radius 1 is 0.684 bits per heavy atom. The van der Waals surface area contributed by atoms with Gasteiger partial charge >= 0.3 is 0 Å². The summed E-state index contributed by atoms with van der Waals surface area (Å²) >= 11 is 0. The molecule has 0 N–H and O–H groups in total. The summed E-state index contributed by atoms with van der Waals surface area (Å²) in [6.45, 7) is 8.70. The molecule has 4 heteroatoms. The zero-order valence-corrected chi connectivity index (χ0v) is 22.1. The first-order valence-electron chi connectivity index (χ1n) is 13.5. The van der Waals surface area contributed by atoms with E-state index in [4.69, 9.17) is 9.47 Å². The molecule has 4 aromatic carbocycles. The van der Waals surface area contributed by atoms with Crippen LogP contribution in [-0.4, -0.2) is 12.8 Å². The number of aryl methyl sites for hydroxylation is 3. The summed E-state index contributed by atoms with van der Waals surface area (Å²) in [5.74, 6) is 3.96. The van der Waals surface area contributed by atoms with Gasteiger partial charge in [0.1, 0.15) is 23.0 Å². The van der Waals surface area contributed by atoms with Crippen LogP contribution in [0.15, 0.2) is 90.5 Å². The van der Waals surface area contributed by atoms with Crippen LogP contribution in [0.4, 0.5) is 11.4 Å². The van der Waals surface area contributed by atoms with Gasteiger partial charge in [0.15, 0.2) is 0 Å². The fraction of sp³-hybridized carbons (Fsp3) is 0.176. The van der Waals surface area contributed by atoms with Crippen LogP contribution in [0.25, 0.3) is 0 Å². The van der Waals surface area contributed by atoms with Crippen LogP contribution in [-0.2, 0) is 0 Å². The number of anilines is 2. The first-order valence-corrected chi connectivity index (χ1v) is 13.5. The number of nitrogens with zero attached hydrogens (tertiary/aromatic N) is 1. The Bertz CT molecular complexity index is 1670. The largest absolute Gasteiger partial charge is 0.458 e. The molecule has 0 amide bonds. The lowest BCUT2D eigenvalue weighted by molar-refractivity contribution is 0.464. The van der Waals surface area contributed by atoms with Crippen molar-refractivity contribution in [2.75, 3.05) is 4.90 Å². The highest BCUT2D eigenvalue weighted by Gasteiger charge is 2.43. The predicted octanol–water partition coefficient (Wildman–Crippen LogP) is 6.46. The molecule has 8 rings (SSSR count). The minimum Gasteiger partial charge on any atom is -0.458 e. The van der Waals surface area contributed by atoms with Gasteiger partial charge in [-0.15, -0.1) is 0 Å². The molecule has 4 aromatic rings. The first kappa shape index (κ1) is 21.9. The number of benzene rings is 4. The van der Waals surface area contributed by atoms with Crippen molar-refractivity contribution in [2.24, 2.45) is 0 Å². The van der Waals surface area contributed by atoms with Gasteiger partial charge in [0.25, 0.3) is 6.71 Å². The van der Waals surface area contributed by atoms with E-state index in [1.54, 1.807) is 0 Å². The lowest BCUT2D eigenvalue weighted by atomic mass is 9.35. The molecule has 38 heavy (non-hydrogen) atoms. The molecule has 4 aliphatic rings. The average Bonchev–Trinajstić information content (AvgIpc) is 3.20. The van der Waals surface area contributed by atoms with Crippen LogP contribution in [0, 0.1) is 20.8 Å². The van der Waals surface area contributed by atoms with Crippen LogP contribution in [0.2, 0.25) is 0 Å². The molecule has 3 heterocycles. The third kappa shape index (κ3) is 3.03. The molecule has 0 bridgehead atoms. The summed E-state index contributed by atoms with van der Waals surface area (Å²) in [6.07, 6.45) is 7.01. The molecule has 184 valence electrons. The number of ether oxygens (including phenoxy) is 2. The van der Waals surface area contributed by atoms with E-state index in [-0.39, 0.29) is 12.8 Å². The number of fused-ring (bicyclic) bond motifs is 7. The summed E-state index contributed by atoms with van der Waals surface area (Å²) in [7, 11) is 0. The maximum atomic E-state index is 6.67. The second kappa shape index (κ2) is 7.67. The SMILES string of the molecule is CC1=CC2c3cc(C)ccc3N(c3cc4c5c(c3)Oc3cc(C)ccc3B5c3ccc(C)cc3O4)C2C=C1. The molecule has 0 aromatic heterocycles. The van der Waals surface area contributed by atoms with Crippen LogP contribution < -0.4 is 30.8 Å². The van der Waals surface area contributed by atoms with Crippen molar-refractivity contribution in [3.8, 4) is 23.0 Å². The Morgan fingerprint density at radius 2 is 1.29 bits per heavy atom. The Morgan fingerprint density at radius 3 is 1.95 bits per heavy atom. The molecule has 0 fully saturated rings. The van der Waals surface area contributed by atoms with E-state index >= 15 is 0 Å². The van der Waals surface area contributed by atoms with E-state index in [0.717, 1.165) is 34.1 Å². The van der Waals surface area contributed by atoms with Gasteiger partial charge in [0.2, 0.25) is 0 Å². The number of hydrogen-bond donors (Lipinski definition) is 0. The highest BCUT2D eigenvalue weighted by atomic mass is 16.5. The van der Waals surface area contributed by atoms with Gasteiger partial charge in [-0.05, 0) is 73.5 Å². The van der Waals surface area contributed by atoms with Gasteiger partial charge in [-0.2, -0.15) is 0 Å².